The highest BCUT2D eigenvalue weighted by Gasteiger charge is 2.21. The third-order valence-electron chi connectivity index (χ3n) is 2.75. The van der Waals surface area contributed by atoms with Gasteiger partial charge in [0, 0.05) is 30.1 Å². The number of carboxylic acid groups (broad SMARTS) is 1. The number of hydrogen-bond acceptors (Lipinski definition) is 4. The zero-order valence-electron chi connectivity index (χ0n) is 11.4. The van der Waals surface area contributed by atoms with Gasteiger partial charge < -0.3 is 14.8 Å². The molecule has 0 aromatic carbocycles. The van der Waals surface area contributed by atoms with Gasteiger partial charge in [-0.15, -0.1) is 0 Å². The molecule has 2 aromatic rings. The van der Waals surface area contributed by atoms with Crippen LogP contribution in [0.3, 0.4) is 0 Å². The first-order valence-electron chi connectivity index (χ1n) is 6.23. The number of nitrogens with zero attached hydrogens (tertiary/aromatic N) is 2. The van der Waals surface area contributed by atoms with Crippen molar-refractivity contribution in [3.05, 3.63) is 36.3 Å². The highest BCUT2D eigenvalue weighted by molar-refractivity contribution is 7.84. The summed E-state index contributed by atoms with van der Waals surface area (Å²) in [5.74, 6) is -1.67. The zero-order chi connectivity index (χ0) is 15.4. The van der Waals surface area contributed by atoms with E-state index in [0.717, 1.165) is 5.65 Å². The number of nitrogens with one attached hydrogen (secondary N) is 1. The predicted octanol–water partition coefficient (Wildman–Crippen LogP) is 0.172. The van der Waals surface area contributed by atoms with E-state index < -0.39 is 28.7 Å². The van der Waals surface area contributed by atoms with E-state index in [1.807, 2.05) is 24.4 Å². The molecular formula is C13H15N3O4S. The zero-order valence-corrected chi connectivity index (χ0v) is 12.2. The maximum atomic E-state index is 12.0. The smallest absolute Gasteiger partial charge is 0.327 e. The van der Waals surface area contributed by atoms with Gasteiger partial charge in [0.25, 0.3) is 0 Å². The van der Waals surface area contributed by atoms with Crippen LogP contribution < -0.4 is 5.32 Å². The number of aliphatic carboxylic acids is 1. The molecule has 2 N–H and O–H groups in total. The molecule has 1 amide bonds. The van der Waals surface area contributed by atoms with E-state index in [1.165, 1.54) is 6.92 Å². The van der Waals surface area contributed by atoms with Crippen LogP contribution in [0.1, 0.15) is 12.6 Å². The minimum Gasteiger partial charge on any atom is -0.480 e. The predicted molar refractivity (Wildman–Crippen MR) is 77.1 cm³/mol. The molecule has 0 spiro atoms. The van der Waals surface area contributed by atoms with Crippen LogP contribution in [0.5, 0.6) is 0 Å². The third kappa shape index (κ3) is 4.12. The Balaban J connectivity index is 2.03. The van der Waals surface area contributed by atoms with Crippen LogP contribution in [-0.2, 0) is 26.1 Å². The van der Waals surface area contributed by atoms with Crippen LogP contribution >= 0.6 is 0 Å². The molecule has 2 atom stereocenters. The number of imidazole rings is 1. The number of fused-ring (bicyclic) bond motifs is 1. The van der Waals surface area contributed by atoms with Gasteiger partial charge >= 0.3 is 5.97 Å². The monoisotopic (exact) mass is 309 g/mol. The second kappa shape index (κ2) is 6.49. The van der Waals surface area contributed by atoms with Crippen molar-refractivity contribution in [1.82, 2.24) is 14.7 Å². The third-order valence-corrected chi connectivity index (χ3v) is 4.07. The molecule has 0 bridgehead atoms. The van der Waals surface area contributed by atoms with Gasteiger partial charge in [0.1, 0.15) is 11.7 Å². The molecule has 0 radical (unpaired) electrons. The van der Waals surface area contributed by atoms with Crippen molar-refractivity contribution in [2.45, 2.75) is 18.7 Å². The quantitative estimate of drug-likeness (QED) is 0.792. The van der Waals surface area contributed by atoms with E-state index in [9.17, 15) is 13.8 Å². The topological polar surface area (TPSA) is 101 Å². The Hall–Kier alpha value is -2.22. The molecule has 21 heavy (non-hydrogen) atoms. The minimum atomic E-state index is -1.44. The minimum absolute atomic E-state index is 0.144. The van der Waals surface area contributed by atoms with Gasteiger partial charge in [0.15, 0.2) is 0 Å². The Morgan fingerprint density at radius 2 is 2.24 bits per heavy atom. The van der Waals surface area contributed by atoms with Gasteiger partial charge in [-0.05, 0) is 12.1 Å². The Morgan fingerprint density at radius 1 is 1.48 bits per heavy atom. The second-order valence-corrected chi connectivity index (χ2v) is 6.04. The lowest BCUT2D eigenvalue weighted by atomic mass is 10.3. The summed E-state index contributed by atoms with van der Waals surface area (Å²) in [7, 11) is -1.44. The van der Waals surface area contributed by atoms with Gasteiger partial charge in [-0.25, -0.2) is 9.78 Å². The molecule has 2 heterocycles. The number of amides is 1. The SMILES string of the molecule is CC(=O)N[C@@H](CS(=O)Cc1cn2ccccc2n1)C(=O)O. The lowest BCUT2D eigenvalue weighted by Gasteiger charge is -2.12. The van der Waals surface area contributed by atoms with Crippen molar-refractivity contribution in [2.24, 2.45) is 0 Å². The first kappa shape index (κ1) is 15.2. The van der Waals surface area contributed by atoms with Gasteiger partial charge in [-0.3, -0.25) is 9.00 Å². The van der Waals surface area contributed by atoms with Crippen LogP contribution in [0, 0.1) is 0 Å². The van der Waals surface area contributed by atoms with Crippen molar-refractivity contribution < 1.29 is 18.9 Å². The molecule has 8 heteroatoms. The number of carboxylic acids is 1. The van der Waals surface area contributed by atoms with Gasteiger partial charge in [-0.1, -0.05) is 6.07 Å². The molecule has 2 rings (SSSR count). The summed E-state index contributed by atoms with van der Waals surface area (Å²) in [6.45, 7) is 1.22. The number of pyridine rings is 1. The van der Waals surface area contributed by atoms with Gasteiger partial charge in [-0.2, -0.15) is 0 Å². The lowest BCUT2D eigenvalue weighted by molar-refractivity contribution is -0.140. The van der Waals surface area contributed by atoms with E-state index in [1.54, 1.807) is 10.6 Å². The first-order chi connectivity index (χ1) is 9.95. The van der Waals surface area contributed by atoms with E-state index in [2.05, 4.69) is 10.3 Å². The van der Waals surface area contributed by atoms with E-state index in [0.29, 0.717) is 5.69 Å². The average molecular weight is 309 g/mol. The standard InChI is InChI=1S/C13H15N3O4S/c1-9(17)14-11(13(18)19)8-21(20)7-10-6-16-5-3-2-4-12(16)15-10/h2-6,11H,7-8H2,1H3,(H,14,17)(H,18,19)/t11-,21?/m0/s1. The Morgan fingerprint density at radius 3 is 2.86 bits per heavy atom. The molecule has 0 aliphatic heterocycles. The maximum absolute atomic E-state index is 12.0. The molecular weight excluding hydrogens is 294 g/mol. The highest BCUT2D eigenvalue weighted by atomic mass is 32.2. The first-order valence-corrected chi connectivity index (χ1v) is 7.72. The molecule has 1 unspecified atom stereocenters. The van der Waals surface area contributed by atoms with Crippen molar-refractivity contribution in [3.8, 4) is 0 Å². The fourth-order valence-corrected chi connectivity index (χ4v) is 3.07. The fraction of sp³-hybridized carbons (Fsp3) is 0.308. The van der Waals surface area contributed by atoms with Crippen molar-refractivity contribution in [2.75, 3.05) is 5.75 Å². The summed E-state index contributed by atoms with van der Waals surface area (Å²) in [4.78, 5) is 26.2. The van der Waals surface area contributed by atoms with E-state index in [4.69, 9.17) is 5.11 Å². The number of aromatic nitrogens is 2. The second-order valence-electron chi connectivity index (χ2n) is 4.54. The van der Waals surface area contributed by atoms with Crippen LogP contribution in [0.4, 0.5) is 0 Å². The molecule has 7 nitrogen and oxygen atoms in total. The molecule has 0 aliphatic carbocycles. The average Bonchev–Trinajstić information content (AvgIpc) is 2.79. The van der Waals surface area contributed by atoms with Gasteiger partial charge in [0.2, 0.25) is 5.91 Å². The number of carbonyl (C=O) groups is 2. The van der Waals surface area contributed by atoms with Crippen LogP contribution in [0.2, 0.25) is 0 Å². The summed E-state index contributed by atoms with van der Waals surface area (Å²) < 4.78 is 13.8. The van der Waals surface area contributed by atoms with Crippen LogP contribution in [0.15, 0.2) is 30.6 Å². The van der Waals surface area contributed by atoms with Crippen molar-refractivity contribution in [1.29, 1.82) is 0 Å². The summed E-state index contributed by atoms with van der Waals surface area (Å²) in [5.41, 5.74) is 1.35. The Bertz CT molecular complexity index is 665. The summed E-state index contributed by atoms with van der Waals surface area (Å²) in [6.07, 6.45) is 3.58. The molecule has 0 aliphatic rings. The molecule has 112 valence electrons. The fourth-order valence-electron chi connectivity index (χ4n) is 1.89. The Labute approximate surface area is 123 Å². The molecule has 0 saturated carbocycles. The van der Waals surface area contributed by atoms with Crippen molar-refractivity contribution in [3.63, 3.8) is 0 Å². The van der Waals surface area contributed by atoms with Crippen LogP contribution in [-0.4, -0.2) is 42.4 Å². The van der Waals surface area contributed by atoms with Gasteiger partial charge in [0.05, 0.1) is 17.2 Å². The lowest BCUT2D eigenvalue weighted by Crippen LogP contribution is -2.43. The molecule has 2 aromatic heterocycles. The van der Waals surface area contributed by atoms with Crippen molar-refractivity contribution >= 4 is 28.3 Å². The van der Waals surface area contributed by atoms with E-state index in [-0.39, 0.29) is 11.5 Å². The summed E-state index contributed by atoms with van der Waals surface area (Å²) in [6, 6.07) is 4.37. The maximum Gasteiger partial charge on any atom is 0.327 e. The largest absolute Gasteiger partial charge is 0.480 e. The van der Waals surface area contributed by atoms with E-state index >= 15 is 0 Å². The Kier molecular flexibility index (Phi) is 4.69. The molecule has 0 fully saturated rings. The molecule has 0 saturated heterocycles. The number of carbonyl (C=O) groups excluding carboxylic acids is 1. The summed E-state index contributed by atoms with van der Waals surface area (Å²) >= 11 is 0. The normalized spacial score (nSPS) is 13.8. The highest BCUT2D eigenvalue weighted by Crippen LogP contribution is 2.07. The van der Waals surface area contributed by atoms with Crippen LogP contribution in [0.25, 0.3) is 5.65 Å². The number of rotatable bonds is 6. The number of hydrogen-bond donors (Lipinski definition) is 2. The summed E-state index contributed by atoms with van der Waals surface area (Å²) in [5, 5.41) is 11.2.